The molecule has 0 bridgehead atoms. The standard InChI is InChI=1S/C10H6ClF3N2OS2/c11-9-15-8(16-19(9)18-17)5-6-1-3-7(4-2-6)10(12,13)14/h1-4H,5H2. The second kappa shape index (κ2) is 5.56. The van der Waals surface area contributed by atoms with Crippen LogP contribution >= 0.6 is 11.6 Å². The van der Waals surface area contributed by atoms with Crippen LogP contribution in [0.1, 0.15) is 11.1 Å². The van der Waals surface area contributed by atoms with Crippen LogP contribution in [0.4, 0.5) is 13.2 Å². The molecule has 1 heterocycles. The third-order valence-corrected chi connectivity index (χ3v) is 5.02. The molecule has 0 aliphatic carbocycles. The average Bonchev–Trinajstić information content (AvgIpc) is 2.69. The zero-order valence-corrected chi connectivity index (χ0v) is 11.5. The van der Waals surface area contributed by atoms with Gasteiger partial charge < -0.3 is 0 Å². The number of hydrogen-bond acceptors (Lipinski definition) is 2. The van der Waals surface area contributed by atoms with Crippen molar-refractivity contribution in [2.24, 2.45) is 9.39 Å². The zero-order chi connectivity index (χ0) is 14.0. The van der Waals surface area contributed by atoms with Crippen molar-refractivity contribution in [3.63, 3.8) is 0 Å². The molecule has 0 N–H and O–H groups in total. The van der Waals surface area contributed by atoms with E-state index in [2.05, 4.69) is 9.39 Å². The van der Waals surface area contributed by atoms with Crippen LogP contribution in [0.5, 0.6) is 0 Å². The molecule has 0 spiro atoms. The highest BCUT2D eigenvalue weighted by Gasteiger charge is 2.30. The van der Waals surface area contributed by atoms with Gasteiger partial charge in [-0.2, -0.15) is 17.6 Å². The van der Waals surface area contributed by atoms with Crippen molar-refractivity contribution in [3.8, 4) is 0 Å². The summed E-state index contributed by atoms with van der Waals surface area (Å²) in [6.45, 7) is 0. The summed E-state index contributed by atoms with van der Waals surface area (Å²) in [5, 5.41) is 0. The summed E-state index contributed by atoms with van der Waals surface area (Å²) in [6, 6.07) is 4.71. The molecule has 0 amide bonds. The molecule has 1 unspecified atom stereocenters. The number of nitrogens with zero attached hydrogens (tertiary/aromatic N) is 2. The fourth-order valence-corrected chi connectivity index (χ4v) is 3.11. The number of benzene rings is 1. The normalized spacial score (nSPS) is 19.1. The van der Waals surface area contributed by atoms with Gasteiger partial charge in [-0.3, -0.25) is 0 Å². The number of amidine groups is 1. The van der Waals surface area contributed by atoms with Gasteiger partial charge in [0.1, 0.15) is 5.84 Å². The highest BCUT2D eigenvalue weighted by atomic mass is 35.5. The summed E-state index contributed by atoms with van der Waals surface area (Å²) in [7, 11) is -0.777. The molecule has 0 saturated carbocycles. The summed E-state index contributed by atoms with van der Waals surface area (Å²) in [5.74, 6) is 0.358. The second-order valence-electron chi connectivity index (χ2n) is 3.56. The predicted octanol–water partition coefficient (Wildman–Crippen LogP) is 2.92. The molecule has 0 saturated heterocycles. The van der Waals surface area contributed by atoms with E-state index >= 15 is 0 Å². The number of alkyl halides is 3. The van der Waals surface area contributed by atoms with E-state index in [-0.39, 0.29) is 21.1 Å². The van der Waals surface area contributed by atoms with Crippen molar-refractivity contribution < 1.29 is 17.4 Å². The monoisotopic (exact) mass is 326 g/mol. The van der Waals surface area contributed by atoms with E-state index in [9.17, 15) is 17.4 Å². The first-order valence-electron chi connectivity index (χ1n) is 4.93. The van der Waals surface area contributed by atoms with Crippen molar-refractivity contribution in [1.82, 2.24) is 0 Å². The van der Waals surface area contributed by atoms with Crippen LogP contribution in [0.2, 0.25) is 0 Å². The van der Waals surface area contributed by atoms with E-state index in [4.69, 9.17) is 11.6 Å². The molecule has 1 aliphatic rings. The quantitative estimate of drug-likeness (QED) is 0.824. The van der Waals surface area contributed by atoms with Crippen molar-refractivity contribution in [2.45, 2.75) is 12.6 Å². The Labute approximate surface area is 117 Å². The predicted molar refractivity (Wildman–Crippen MR) is 71.4 cm³/mol. The van der Waals surface area contributed by atoms with Crippen LogP contribution < -0.4 is 0 Å². The maximum absolute atomic E-state index is 12.4. The smallest absolute Gasteiger partial charge is 0.211 e. The molecule has 19 heavy (non-hydrogen) atoms. The van der Waals surface area contributed by atoms with E-state index in [0.717, 1.165) is 12.1 Å². The van der Waals surface area contributed by atoms with Gasteiger partial charge in [-0.05, 0) is 17.7 Å². The fraction of sp³-hybridized carbons (Fsp3) is 0.200. The maximum Gasteiger partial charge on any atom is 0.416 e. The minimum atomic E-state index is -4.35. The average molecular weight is 327 g/mol. The number of hydrogen-bond donors (Lipinski definition) is 0. The largest absolute Gasteiger partial charge is 0.416 e. The second-order valence-corrected chi connectivity index (χ2v) is 6.70. The van der Waals surface area contributed by atoms with Crippen LogP contribution in [0.3, 0.4) is 0 Å². The van der Waals surface area contributed by atoms with E-state index < -0.39 is 21.4 Å². The lowest BCUT2D eigenvalue weighted by atomic mass is 10.1. The molecule has 0 radical (unpaired) electrons. The molecule has 9 heteroatoms. The van der Waals surface area contributed by atoms with Crippen molar-refractivity contribution in [3.05, 3.63) is 35.4 Å². The molecule has 102 valence electrons. The van der Waals surface area contributed by atoms with E-state index in [0.29, 0.717) is 11.4 Å². The Hall–Kier alpha value is -0.990. The van der Waals surface area contributed by atoms with Crippen LogP contribution in [0, 0.1) is 0 Å². The van der Waals surface area contributed by atoms with Crippen LogP contribution in [0.25, 0.3) is 0 Å². The molecule has 1 aliphatic heterocycles. The fourth-order valence-electron chi connectivity index (χ4n) is 1.40. The molecular weight excluding hydrogens is 321 g/mol. The van der Waals surface area contributed by atoms with Gasteiger partial charge in [-0.25, -0.2) is 9.20 Å². The molecular formula is C10H6ClF3N2OS2. The van der Waals surface area contributed by atoms with Gasteiger partial charge in [-0.1, -0.05) is 23.7 Å². The van der Waals surface area contributed by atoms with Gasteiger partial charge in [0.2, 0.25) is 0 Å². The highest BCUT2D eigenvalue weighted by Crippen LogP contribution is 2.29. The molecule has 0 aromatic heterocycles. The van der Waals surface area contributed by atoms with Gasteiger partial charge in [0.25, 0.3) is 0 Å². The third kappa shape index (κ3) is 3.52. The highest BCUT2D eigenvalue weighted by molar-refractivity contribution is 8.40. The molecule has 0 fully saturated rings. The summed E-state index contributed by atoms with van der Waals surface area (Å²) in [4.78, 5) is 3.91. The summed E-state index contributed by atoms with van der Waals surface area (Å²) < 4.78 is 51.9. The Kier molecular flexibility index (Phi) is 4.22. The number of aliphatic imine (C=N–C) groups is 1. The van der Waals surface area contributed by atoms with E-state index in [1.165, 1.54) is 12.1 Å². The minimum absolute atomic E-state index is 0.127. The molecule has 1 aromatic rings. The van der Waals surface area contributed by atoms with Crippen LogP contribution in [-0.4, -0.2) is 14.5 Å². The summed E-state index contributed by atoms with van der Waals surface area (Å²) in [6.07, 6.45) is -4.10. The van der Waals surface area contributed by atoms with Gasteiger partial charge >= 0.3 is 6.18 Å². The number of halogens is 4. The first kappa shape index (κ1) is 14.4. The SMILES string of the molecule is O=S=S1N=C(Cc2ccc(C(F)(F)F)cc2)N=C1Cl. The van der Waals surface area contributed by atoms with Gasteiger partial charge in [0, 0.05) is 6.42 Å². The summed E-state index contributed by atoms with van der Waals surface area (Å²) in [5.41, 5.74) is -0.0812. The van der Waals surface area contributed by atoms with Crippen molar-refractivity contribution >= 4 is 41.8 Å². The Bertz CT molecular complexity index is 619. The Balaban J connectivity index is 2.16. The van der Waals surface area contributed by atoms with Crippen LogP contribution in [0.15, 0.2) is 33.7 Å². The molecule has 1 aromatic carbocycles. The maximum atomic E-state index is 12.4. The molecule has 3 nitrogen and oxygen atoms in total. The summed E-state index contributed by atoms with van der Waals surface area (Å²) >= 11 is 5.70. The molecule has 1 atom stereocenters. The lowest BCUT2D eigenvalue weighted by molar-refractivity contribution is -0.137. The topological polar surface area (TPSA) is 41.8 Å². The van der Waals surface area contributed by atoms with E-state index in [1.807, 2.05) is 0 Å². The Morgan fingerprint density at radius 1 is 1.26 bits per heavy atom. The van der Waals surface area contributed by atoms with E-state index in [1.54, 1.807) is 0 Å². The van der Waals surface area contributed by atoms with Crippen LogP contribution in [-0.2, 0) is 32.5 Å². The zero-order valence-electron chi connectivity index (χ0n) is 9.15. The first-order valence-corrected chi connectivity index (χ1v) is 7.74. The minimum Gasteiger partial charge on any atom is -0.211 e. The van der Waals surface area contributed by atoms with Gasteiger partial charge in [0.05, 0.1) is 15.2 Å². The lowest BCUT2D eigenvalue weighted by Crippen LogP contribution is -2.05. The van der Waals surface area contributed by atoms with Crippen molar-refractivity contribution in [2.75, 3.05) is 0 Å². The van der Waals surface area contributed by atoms with Gasteiger partial charge in [0.15, 0.2) is 14.7 Å². The first-order chi connectivity index (χ1) is 8.90. The third-order valence-electron chi connectivity index (χ3n) is 2.26. The Morgan fingerprint density at radius 3 is 2.37 bits per heavy atom. The molecule has 2 rings (SSSR count). The van der Waals surface area contributed by atoms with Gasteiger partial charge in [-0.15, -0.1) is 0 Å². The lowest BCUT2D eigenvalue weighted by Gasteiger charge is -2.06. The Morgan fingerprint density at radius 2 is 1.89 bits per heavy atom. The number of rotatable bonds is 2. The van der Waals surface area contributed by atoms with Crippen molar-refractivity contribution in [1.29, 1.82) is 0 Å².